The highest BCUT2D eigenvalue weighted by Gasteiger charge is 2.16. The number of ether oxygens (including phenoxy) is 1. The first-order valence-corrected chi connectivity index (χ1v) is 8.43. The number of nitrogens with two attached hydrogens (primary N) is 1. The maximum Gasteiger partial charge on any atom is 0.340 e. The van der Waals surface area contributed by atoms with Crippen molar-refractivity contribution in [2.24, 2.45) is 0 Å². The van der Waals surface area contributed by atoms with Crippen molar-refractivity contribution in [3.63, 3.8) is 0 Å². The molecule has 0 heterocycles. The summed E-state index contributed by atoms with van der Waals surface area (Å²) < 4.78 is 4.93. The summed E-state index contributed by atoms with van der Waals surface area (Å²) in [5.41, 5.74) is 6.82. The lowest BCUT2D eigenvalue weighted by Gasteiger charge is -2.09. The lowest BCUT2D eigenvalue weighted by molar-refractivity contribution is -0.124. The van der Waals surface area contributed by atoms with Crippen LogP contribution in [-0.4, -0.2) is 25.0 Å². The van der Waals surface area contributed by atoms with Crippen molar-refractivity contribution >= 4 is 52.4 Å². The molecule has 0 saturated carbocycles. The van der Waals surface area contributed by atoms with Crippen molar-refractivity contribution < 1.29 is 14.3 Å². The Hall–Kier alpha value is -1.95. The van der Waals surface area contributed by atoms with Gasteiger partial charge in [-0.1, -0.05) is 46.9 Å². The molecule has 2 rings (SSSR count). The number of anilines is 1. The van der Waals surface area contributed by atoms with Crippen molar-refractivity contribution in [1.29, 1.82) is 0 Å². The Labute approximate surface area is 160 Å². The molecule has 0 saturated heterocycles. The Kier molecular flexibility index (Phi) is 6.93. The molecule has 0 radical (unpaired) electrons. The van der Waals surface area contributed by atoms with Crippen molar-refractivity contribution in [3.8, 4) is 0 Å². The fourth-order valence-electron chi connectivity index (χ4n) is 2.01. The van der Waals surface area contributed by atoms with Gasteiger partial charge in [-0.25, -0.2) is 4.79 Å². The van der Waals surface area contributed by atoms with Gasteiger partial charge in [-0.3, -0.25) is 4.79 Å². The highest BCUT2D eigenvalue weighted by molar-refractivity contribution is 6.37. The van der Waals surface area contributed by atoms with Gasteiger partial charge in [0.05, 0.1) is 16.3 Å². The number of hydrogen-bond acceptors (Lipinski definition) is 4. The number of carbonyl (C=O) groups is 2. The molecule has 0 aliphatic rings. The number of nitrogens with one attached hydrogen (secondary N) is 1. The molecule has 0 bridgehead atoms. The predicted octanol–water partition coefficient (Wildman–Crippen LogP) is 3.74. The molecule has 25 heavy (non-hydrogen) atoms. The third kappa shape index (κ3) is 5.81. The third-order valence-corrected chi connectivity index (χ3v) is 4.08. The van der Waals surface area contributed by atoms with E-state index >= 15 is 0 Å². The lowest BCUT2D eigenvalue weighted by atomic mass is 10.1. The second kappa shape index (κ2) is 8.94. The SMILES string of the molecule is Nc1c(Cl)cc(Cl)cc1C(=O)OCC(=O)NCCc1ccc(Cl)cc1. The van der Waals surface area contributed by atoms with E-state index in [-0.39, 0.29) is 21.3 Å². The van der Waals surface area contributed by atoms with E-state index in [2.05, 4.69) is 5.32 Å². The molecule has 0 unspecified atom stereocenters. The highest BCUT2D eigenvalue weighted by Crippen LogP contribution is 2.27. The Morgan fingerprint density at radius 2 is 1.72 bits per heavy atom. The lowest BCUT2D eigenvalue weighted by Crippen LogP contribution is -2.30. The van der Waals surface area contributed by atoms with Crippen LogP contribution in [0.1, 0.15) is 15.9 Å². The molecule has 0 spiro atoms. The minimum absolute atomic E-state index is 0.0199. The number of carbonyl (C=O) groups excluding carboxylic acids is 2. The van der Waals surface area contributed by atoms with E-state index in [4.69, 9.17) is 45.3 Å². The zero-order chi connectivity index (χ0) is 18.4. The number of amides is 1. The van der Waals surface area contributed by atoms with Gasteiger partial charge in [-0.15, -0.1) is 0 Å². The molecular weight excluding hydrogens is 387 g/mol. The Morgan fingerprint density at radius 3 is 2.40 bits per heavy atom. The van der Waals surface area contributed by atoms with Gasteiger partial charge in [0, 0.05) is 16.6 Å². The summed E-state index contributed by atoms with van der Waals surface area (Å²) in [5.74, 6) is -1.19. The Morgan fingerprint density at radius 1 is 1.04 bits per heavy atom. The maximum atomic E-state index is 12.0. The minimum atomic E-state index is -0.769. The Bertz CT molecular complexity index is 779. The molecule has 0 fully saturated rings. The molecule has 0 aromatic heterocycles. The first-order chi connectivity index (χ1) is 11.9. The third-order valence-electron chi connectivity index (χ3n) is 3.30. The molecule has 1 amide bonds. The van der Waals surface area contributed by atoms with Gasteiger partial charge in [0.15, 0.2) is 6.61 Å². The zero-order valence-corrected chi connectivity index (χ0v) is 15.3. The normalized spacial score (nSPS) is 10.4. The van der Waals surface area contributed by atoms with E-state index in [1.165, 1.54) is 12.1 Å². The molecule has 2 aromatic carbocycles. The molecule has 0 aliphatic carbocycles. The summed E-state index contributed by atoms with van der Waals surface area (Å²) in [5, 5.41) is 3.70. The van der Waals surface area contributed by atoms with Gasteiger partial charge in [-0.05, 0) is 36.2 Å². The number of esters is 1. The largest absolute Gasteiger partial charge is 0.452 e. The van der Waals surface area contributed by atoms with Gasteiger partial charge in [0.1, 0.15) is 0 Å². The summed E-state index contributed by atoms with van der Waals surface area (Å²) >= 11 is 17.5. The number of benzene rings is 2. The number of rotatable bonds is 6. The van der Waals surface area contributed by atoms with Crippen LogP contribution in [0.3, 0.4) is 0 Å². The number of hydrogen-bond donors (Lipinski definition) is 2. The molecule has 3 N–H and O–H groups in total. The second-order valence-electron chi connectivity index (χ2n) is 5.15. The van der Waals surface area contributed by atoms with Crippen LogP contribution in [0.25, 0.3) is 0 Å². The van der Waals surface area contributed by atoms with Crippen LogP contribution >= 0.6 is 34.8 Å². The van der Waals surface area contributed by atoms with Crippen LogP contribution in [0, 0.1) is 0 Å². The van der Waals surface area contributed by atoms with Crippen LogP contribution in [-0.2, 0) is 16.0 Å². The molecule has 132 valence electrons. The average Bonchev–Trinajstić information content (AvgIpc) is 2.57. The van der Waals surface area contributed by atoms with Crippen molar-refractivity contribution in [3.05, 3.63) is 62.6 Å². The topological polar surface area (TPSA) is 81.4 Å². The summed E-state index contributed by atoms with van der Waals surface area (Å²) in [6, 6.07) is 10.1. The van der Waals surface area contributed by atoms with Gasteiger partial charge in [-0.2, -0.15) is 0 Å². The second-order valence-corrected chi connectivity index (χ2v) is 6.43. The molecule has 8 heteroatoms. The molecule has 0 aliphatic heterocycles. The summed E-state index contributed by atoms with van der Waals surface area (Å²) in [7, 11) is 0. The van der Waals surface area contributed by atoms with Crippen molar-refractivity contribution in [2.45, 2.75) is 6.42 Å². The molecule has 5 nitrogen and oxygen atoms in total. The minimum Gasteiger partial charge on any atom is -0.452 e. The van der Waals surface area contributed by atoms with E-state index in [1.807, 2.05) is 12.1 Å². The van der Waals surface area contributed by atoms with Crippen LogP contribution < -0.4 is 11.1 Å². The van der Waals surface area contributed by atoms with Gasteiger partial charge in [0.2, 0.25) is 0 Å². The fraction of sp³-hybridized carbons (Fsp3) is 0.176. The quantitative estimate of drug-likeness (QED) is 0.570. The zero-order valence-electron chi connectivity index (χ0n) is 13.0. The predicted molar refractivity (Wildman–Crippen MR) is 99.3 cm³/mol. The van der Waals surface area contributed by atoms with Crippen LogP contribution in [0.5, 0.6) is 0 Å². The van der Waals surface area contributed by atoms with Crippen molar-refractivity contribution in [1.82, 2.24) is 5.32 Å². The van der Waals surface area contributed by atoms with E-state index in [0.29, 0.717) is 18.0 Å². The van der Waals surface area contributed by atoms with Crippen LogP contribution in [0.15, 0.2) is 36.4 Å². The fourth-order valence-corrected chi connectivity index (χ4v) is 2.63. The van der Waals surface area contributed by atoms with E-state index < -0.39 is 18.5 Å². The van der Waals surface area contributed by atoms with Crippen molar-refractivity contribution in [2.75, 3.05) is 18.9 Å². The Balaban J connectivity index is 1.79. The monoisotopic (exact) mass is 400 g/mol. The van der Waals surface area contributed by atoms with E-state index in [1.54, 1.807) is 12.1 Å². The summed E-state index contributed by atoms with van der Waals surface area (Å²) in [6.45, 7) is -0.0217. The highest BCUT2D eigenvalue weighted by atomic mass is 35.5. The van der Waals surface area contributed by atoms with E-state index in [0.717, 1.165) is 5.56 Å². The molecule has 2 aromatic rings. The van der Waals surface area contributed by atoms with E-state index in [9.17, 15) is 9.59 Å². The smallest absolute Gasteiger partial charge is 0.340 e. The first kappa shape index (κ1) is 19.4. The first-order valence-electron chi connectivity index (χ1n) is 7.29. The number of halogens is 3. The number of nitrogen functional groups attached to an aromatic ring is 1. The van der Waals surface area contributed by atoms with Gasteiger partial charge in [0.25, 0.3) is 5.91 Å². The van der Waals surface area contributed by atoms with Gasteiger partial charge < -0.3 is 15.8 Å². The summed E-state index contributed by atoms with van der Waals surface area (Å²) in [4.78, 5) is 23.7. The summed E-state index contributed by atoms with van der Waals surface area (Å²) in [6.07, 6.45) is 0.633. The standard InChI is InChI=1S/C17H15Cl3N2O3/c18-11-3-1-10(2-4-11)5-6-22-15(23)9-25-17(24)13-7-12(19)8-14(20)16(13)21/h1-4,7-8H,5-6,9,21H2,(H,22,23). The molecular formula is C17H15Cl3N2O3. The van der Waals surface area contributed by atoms with Crippen LogP contribution in [0.2, 0.25) is 15.1 Å². The van der Waals surface area contributed by atoms with Gasteiger partial charge >= 0.3 is 5.97 Å². The average molecular weight is 402 g/mol. The van der Waals surface area contributed by atoms with Crippen LogP contribution in [0.4, 0.5) is 5.69 Å². The molecule has 0 atom stereocenters. The maximum absolute atomic E-state index is 12.0.